The van der Waals surface area contributed by atoms with Gasteiger partial charge in [0.05, 0.1) is 26.1 Å². The molecule has 0 amide bonds. The summed E-state index contributed by atoms with van der Waals surface area (Å²) in [5.41, 5.74) is 0. The highest BCUT2D eigenvalue weighted by Crippen LogP contribution is 1.72. The van der Waals surface area contributed by atoms with Crippen LogP contribution in [0.25, 0.3) is 0 Å². The fourth-order valence-corrected chi connectivity index (χ4v) is 0.217. The van der Waals surface area contributed by atoms with Gasteiger partial charge >= 0.3 is 0 Å². The van der Waals surface area contributed by atoms with Gasteiger partial charge in [-0.3, -0.25) is 0 Å². The van der Waals surface area contributed by atoms with E-state index in [-0.39, 0.29) is 19.8 Å². The molecule has 0 aromatic heterocycles. The summed E-state index contributed by atoms with van der Waals surface area (Å²) in [5, 5.41) is 23.4. The minimum Gasteiger partial charge on any atom is -0.499 e. The molecule has 0 saturated carbocycles. The van der Waals surface area contributed by atoms with Crippen molar-refractivity contribution in [1.29, 1.82) is 0 Å². The predicted octanol–water partition coefficient (Wildman–Crippen LogP) is -0.500. The molecule has 0 radical (unpaired) electrons. The fourth-order valence-electron chi connectivity index (χ4n) is 0.217. The molecule has 0 aromatic rings. The van der Waals surface area contributed by atoms with Crippen LogP contribution in [0.2, 0.25) is 0 Å². The van der Waals surface area contributed by atoms with Crippen molar-refractivity contribution in [2.75, 3.05) is 26.4 Å². The van der Waals surface area contributed by atoms with Crippen LogP contribution in [-0.4, -0.2) is 41.7 Å². The largest absolute Gasteiger partial charge is 0.499 e. The molecular formula is C7H16O4. The maximum Gasteiger partial charge on any atom is 0.110 e. The molecule has 68 valence electrons. The lowest BCUT2D eigenvalue weighted by Gasteiger charge is -1.91. The first-order valence-corrected chi connectivity index (χ1v) is 3.38. The maximum atomic E-state index is 8.13. The molecule has 3 N–H and O–H groups in total. The summed E-state index contributed by atoms with van der Waals surface area (Å²) < 4.78 is 4.70. The number of aliphatic hydroxyl groups is 3. The molecule has 0 heterocycles. The van der Waals surface area contributed by atoms with Gasteiger partial charge in [-0.05, 0) is 6.92 Å². The Morgan fingerprint density at radius 3 is 1.91 bits per heavy atom. The molecular weight excluding hydrogens is 148 g/mol. The van der Waals surface area contributed by atoms with Crippen LogP contribution in [0.5, 0.6) is 0 Å². The van der Waals surface area contributed by atoms with Gasteiger partial charge in [-0.25, -0.2) is 0 Å². The Hall–Kier alpha value is -0.580. The molecule has 0 atom stereocenters. The van der Waals surface area contributed by atoms with Crippen LogP contribution < -0.4 is 0 Å². The average molecular weight is 164 g/mol. The van der Waals surface area contributed by atoms with Crippen LogP contribution in [0.15, 0.2) is 12.3 Å². The first-order valence-electron chi connectivity index (χ1n) is 3.38. The third-order valence-electron chi connectivity index (χ3n) is 0.541. The van der Waals surface area contributed by atoms with E-state index < -0.39 is 0 Å². The number of hydrogen-bond donors (Lipinski definition) is 3. The molecule has 0 aliphatic rings. The summed E-state index contributed by atoms with van der Waals surface area (Å²) in [6.07, 6.45) is 3.33. The van der Waals surface area contributed by atoms with Gasteiger partial charge in [-0.1, -0.05) is 6.08 Å². The van der Waals surface area contributed by atoms with Crippen molar-refractivity contribution < 1.29 is 20.1 Å². The molecule has 0 fully saturated rings. The van der Waals surface area contributed by atoms with E-state index in [9.17, 15) is 0 Å². The molecule has 4 heteroatoms. The van der Waals surface area contributed by atoms with Crippen LogP contribution in [0.3, 0.4) is 0 Å². The van der Waals surface area contributed by atoms with Crippen molar-refractivity contribution in [3.8, 4) is 0 Å². The van der Waals surface area contributed by atoms with Crippen LogP contribution in [-0.2, 0) is 4.74 Å². The molecule has 0 saturated heterocycles. The van der Waals surface area contributed by atoms with Gasteiger partial charge in [-0.2, -0.15) is 0 Å². The Balaban J connectivity index is 0. The van der Waals surface area contributed by atoms with E-state index in [4.69, 9.17) is 20.1 Å². The molecule has 0 rings (SSSR count). The number of rotatable bonds is 4. The normalized spacial score (nSPS) is 9.09. The summed E-state index contributed by atoms with van der Waals surface area (Å²) >= 11 is 0. The van der Waals surface area contributed by atoms with Gasteiger partial charge in [0, 0.05) is 0 Å². The highest BCUT2D eigenvalue weighted by atomic mass is 16.5. The summed E-state index contributed by atoms with van der Waals surface area (Å²) in [6, 6.07) is 0. The van der Waals surface area contributed by atoms with Crippen molar-refractivity contribution >= 4 is 0 Å². The van der Waals surface area contributed by atoms with Gasteiger partial charge in [0.25, 0.3) is 0 Å². The number of allylic oxidation sites excluding steroid dienone is 1. The van der Waals surface area contributed by atoms with E-state index >= 15 is 0 Å². The van der Waals surface area contributed by atoms with E-state index in [1.807, 2.05) is 6.92 Å². The van der Waals surface area contributed by atoms with Gasteiger partial charge in [0.2, 0.25) is 0 Å². The van der Waals surface area contributed by atoms with E-state index in [2.05, 4.69) is 0 Å². The van der Waals surface area contributed by atoms with E-state index in [1.165, 1.54) is 0 Å². The molecule has 0 unspecified atom stereocenters. The van der Waals surface area contributed by atoms with Crippen molar-refractivity contribution in [3.05, 3.63) is 12.3 Å². The summed E-state index contributed by atoms with van der Waals surface area (Å²) in [4.78, 5) is 0. The quantitative estimate of drug-likeness (QED) is 0.387. The Bertz CT molecular complexity index is 70.8. The average Bonchev–Trinajstić information content (AvgIpc) is 2.06. The Labute approximate surface area is 66.7 Å². The zero-order chi connectivity index (χ0) is 8.95. The molecule has 11 heavy (non-hydrogen) atoms. The van der Waals surface area contributed by atoms with Crippen molar-refractivity contribution in [1.82, 2.24) is 0 Å². The van der Waals surface area contributed by atoms with Crippen LogP contribution in [0.4, 0.5) is 0 Å². The second kappa shape index (κ2) is 16.2. The van der Waals surface area contributed by atoms with E-state index in [0.29, 0.717) is 6.61 Å². The molecule has 0 aliphatic carbocycles. The molecule has 4 nitrogen and oxygen atoms in total. The Kier molecular flexibility index (Phi) is 19.2. The molecule has 0 bridgehead atoms. The lowest BCUT2D eigenvalue weighted by Crippen LogP contribution is -1.91. The lowest BCUT2D eigenvalue weighted by molar-refractivity contribution is 0.166. The van der Waals surface area contributed by atoms with Gasteiger partial charge < -0.3 is 20.1 Å². The van der Waals surface area contributed by atoms with Crippen molar-refractivity contribution in [3.63, 3.8) is 0 Å². The lowest BCUT2D eigenvalue weighted by atomic mass is 10.7. The van der Waals surface area contributed by atoms with Gasteiger partial charge in [0.15, 0.2) is 0 Å². The van der Waals surface area contributed by atoms with Crippen LogP contribution in [0.1, 0.15) is 6.92 Å². The second-order valence-electron chi connectivity index (χ2n) is 1.51. The summed E-state index contributed by atoms with van der Waals surface area (Å²) in [5.74, 6) is 0. The topological polar surface area (TPSA) is 69.9 Å². The standard InChI is InChI=1S/C5H10O2.C2H6O2/c1-2-4-7-5-3-6;3-1-2-4/h2,4,6H,3,5H2,1H3;3-4H,1-2H2. The zero-order valence-electron chi connectivity index (χ0n) is 6.73. The van der Waals surface area contributed by atoms with Gasteiger partial charge in [-0.15, -0.1) is 0 Å². The summed E-state index contributed by atoms with van der Waals surface area (Å²) in [6.45, 7) is 2.09. The summed E-state index contributed by atoms with van der Waals surface area (Å²) in [7, 11) is 0. The molecule has 0 aliphatic heterocycles. The Morgan fingerprint density at radius 2 is 1.64 bits per heavy atom. The van der Waals surface area contributed by atoms with Crippen molar-refractivity contribution in [2.45, 2.75) is 6.92 Å². The molecule has 0 aromatic carbocycles. The maximum absolute atomic E-state index is 8.13. The van der Waals surface area contributed by atoms with Crippen LogP contribution in [0, 0.1) is 0 Å². The Morgan fingerprint density at radius 1 is 1.09 bits per heavy atom. The molecule has 0 spiro atoms. The zero-order valence-corrected chi connectivity index (χ0v) is 6.73. The SMILES string of the molecule is CC=COCCO.OCCO. The third kappa shape index (κ3) is 26.5. The second-order valence-corrected chi connectivity index (χ2v) is 1.51. The third-order valence-corrected chi connectivity index (χ3v) is 0.541. The minimum atomic E-state index is -0.125. The van der Waals surface area contributed by atoms with E-state index in [0.717, 1.165) is 0 Å². The highest BCUT2D eigenvalue weighted by Gasteiger charge is 1.71. The fraction of sp³-hybridized carbons (Fsp3) is 0.714. The number of hydrogen-bond acceptors (Lipinski definition) is 4. The monoisotopic (exact) mass is 164 g/mol. The van der Waals surface area contributed by atoms with E-state index in [1.54, 1.807) is 12.3 Å². The van der Waals surface area contributed by atoms with Crippen LogP contribution >= 0.6 is 0 Å². The van der Waals surface area contributed by atoms with Gasteiger partial charge in [0.1, 0.15) is 6.61 Å². The number of aliphatic hydroxyl groups excluding tert-OH is 3. The predicted molar refractivity (Wildman–Crippen MR) is 42.0 cm³/mol. The first kappa shape index (κ1) is 13.0. The highest BCUT2D eigenvalue weighted by molar-refractivity contribution is 4.64. The smallest absolute Gasteiger partial charge is 0.110 e. The minimum absolute atomic E-state index is 0.0876. The number of ether oxygens (including phenoxy) is 1. The van der Waals surface area contributed by atoms with Crippen molar-refractivity contribution in [2.24, 2.45) is 0 Å². The first-order chi connectivity index (χ1) is 5.33.